The number of aliphatic hydroxyl groups is 1. The standard InChI is InChI=1S/C19H24N4O6/c24-11-1-8-20-17(25)13-2-4-14(5-3-13)18-21-16(22-29-18)12-28-15-6-9-23(10-7-15)19(26)27/h2-5,15,24H,1,6-12H2,(H,20,25)(H,26,27). The maximum atomic E-state index is 12.0. The summed E-state index contributed by atoms with van der Waals surface area (Å²) in [5.41, 5.74) is 1.19. The fourth-order valence-corrected chi connectivity index (χ4v) is 2.98. The molecule has 29 heavy (non-hydrogen) atoms. The average Bonchev–Trinajstić information content (AvgIpc) is 3.22. The van der Waals surface area contributed by atoms with E-state index in [1.165, 1.54) is 4.90 Å². The van der Waals surface area contributed by atoms with Crippen LogP contribution in [0.2, 0.25) is 0 Å². The highest BCUT2D eigenvalue weighted by Crippen LogP contribution is 2.19. The molecule has 3 N–H and O–H groups in total. The van der Waals surface area contributed by atoms with Crippen molar-refractivity contribution in [2.45, 2.75) is 32.0 Å². The minimum atomic E-state index is -0.903. The number of benzene rings is 1. The number of piperidine rings is 1. The summed E-state index contributed by atoms with van der Waals surface area (Å²) in [7, 11) is 0. The molecule has 1 aromatic carbocycles. The van der Waals surface area contributed by atoms with Crippen molar-refractivity contribution < 1.29 is 29.1 Å². The summed E-state index contributed by atoms with van der Waals surface area (Å²) in [6.45, 7) is 1.55. The smallest absolute Gasteiger partial charge is 0.407 e. The zero-order chi connectivity index (χ0) is 20.6. The molecule has 0 bridgehead atoms. The van der Waals surface area contributed by atoms with Crippen LogP contribution in [0.5, 0.6) is 0 Å². The number of nitrogens with zero attached hydrogens (tertiary/aromatic N) is 3. The molecular formula is C19H24N4O6. The molecule has 0 spiro atoms. The van der Waals surface area contributed by atoms with Crippen LogP contribution in [0, 0.1) is 0 Å². The molecule has 0 atom stereocenters. The van der Waals surface area contributed by atoms with E-state index in [-0.39, 0.29) is 25.2 Å². The first kappa shape index (κ1) is 20.7. The third kappa shape index (κ3) is 5.75. The molecule has 0 aliphatic carbocycles. The monoisotopic (exact) mass is 404 g/mol. The van der Waals surface area contributed by atoms with Crippen molar-refractivity contribution in [3.63, 3.8) is 0 Å². The maximum Gasteiger partial charge on any atom is 0.407 e. The number of nitrogens with one attached hydrogen (secondary N) is 1. The number of rotatable bonds is 8. The summed E-state index contributed by atoms with van der Waals surface area (Å²) in [6, 6.07) is 6.78. The van der Waals surface area contributed by atoms with E-state index in [0.29, 0.717) is 61.7 Å². The summed E-state index contributed by atoms with van der Waals surface area (Å²) < 4.78 is 11.0. The Hall–Kier alpha value is -2.98. The predicted molar refractivity (Wildman–Crippen MR) is 101 cm³/mol. The van der Waals surface area contributed by atoms with E-state index in [4.69, 9.17) is 19.5 Å². The molecule has 156 valence electrons. The van der Waals surface area contributed by atoms with Crippen molar-refractivity contribution in [3.8, 4) is 11.5 Å². The van der Waals surface area contributed by atoms with Gasteiger partial charge in [-0.1, -0.05) is 5.16 Å². The Morgan fingerprint density at radius 1 is 1.24 bits per heavy atom. The predicted octanol–water partition coefficient (Wildman–Crippen LogP) is 1.51. The molecule has 1 fully saturated rings. The number of likely N-dealkylation sites (tertiary alicyclic amines) is 1. The number of amides is 2. The summed E-state index contributed by atoms with van der Waals surface area (Å²) in [4.78, 5) is 28.6. The Kier molecular flexibility index (Phi) is 7.14. The van der Waals surface area contributed by atoms with Gasteiger partial charge in [-0.05, 0) is 43.5 Å². The van der Waals surface area contributed by atoms with Gasteiger partial charge >= 0.3 is 6.09 Å². The fourth-order valence-electron chi connectivity index (χ4n) is 2.98. The van der Waals surface area contributed by atoms with E-state index < -0.39 is 6.09 Å². The molecule has 10 heteroatoms. The Morgan fingerprint density at radius 2 is 1.97 bits per heavy atom. The summed E-state index contributed by atoms with van der Waals surface area (Å²) in [6.07, 6.45) is 0.851. The molecule has 0 saturated carbocycles. The number of ether oxygens (including phenoxy) is 1. The van der Waals surface area contributed by atoms with Crippen LogP contribution >= 0.6 is 0 Å². The van der Waals surface area contributed by atoms with Gasteiger partial charge in [0.15, 0.2) is 5.82 Å². The van der Waals surface area contributed by atoms with Crippen LogP contribution in [0.4, 0.5) is 4.79 Å². The number of carbonyl (C=O) groups is 2. The molecule has 1 aliphatic heterocycles. The van der Waals surface area contributed by atoms with E-state index in [2.05, 4.69) is 15.5 Å². The Labute approximate surface area is 167 Å². The molecule has 10 nitrogen and oxygen atoms in total. The highest BCUT2D eigenvalue weighted by atomic mass is 16.5. The number of hydrogen-bond donors (Lipinski definition) is 3. The van der Waals surface area contributed by atoms with Crippen LogP contribution < -0.4 is 5.32 Å². The van der Waals surface area contributed by atoms with Crippen molar-refractivity contribution in [2.24, 2.45) is 0 Å². The molecule has 2 aromatic rings. The third-order valence-corrected chi connectivity index (χ3v) is 4.64. The van der Waals surface area contributed by atoms with Gasteiger partial charge < -0.3 is 29.7 Å². The average molecular weight is 404 g/mol. The maximum absolute atomic E-state index is 12.0. The number of aromatic nitrogens is 2. The normalized spacial score (nSPS) is 14.7. The topological polar surface area (TPSA) is 138 Å². The zero-order valence-electron chi connectivity index (χ0n) is 15.9. The summed E-state index contributed by atoms with van der Waals surface area (Å²) in [5, 5.41) is 24.3. The third-order valence-electron chi connectivity index (χ3n) is 4.64. The molecule has 0 radical (unpaired) electrons. The van der Waals surface area contributed by atoms with Gasteiger partial charge in [0.25, 0.3) is 11.8 Å². The van der Waals surface area contributed by atoms with Crippen LogP contribution in [0.1, 0.15) is 35.4 Å². The lowest BCUT2D eigenvalue weighted by molar-refractivity contribution is -0.00295. The van der Waals surface area contributed by atoms with Crippen molar-refractivity contribution in [3.05, 3.63) is 35.7 Å². The van der Waals surface area contributed by atoms with Gasteiger partial charge in [0, 0.05) is 37.4 Å². The molecule has 0 unspecified atom stereocenters. The highest BCUT2D eigenvalue weighted by Gasteiger charge is 2.23. The largest absolute Gasteiger partial charge is 0.465 e. The lowest BCUT2D eigenvalue weighted by Crippen LogP contribution is -2.40. The van der Waals surface area contributed by atoms with Crippen molar-refractivity contribution in [2.75, 3.05) is 26.2 Å². The van der Waals surface area contributed by atoms with E-state index in [0.717, 1.165) is 0 Å². The second kappa shape index (κ2) is 9.99. The van der Waals surface area contributed by atoms with Gasteiger partial charge in [0.05, 0.1) is 6.10 Å². The van der Waals surface area contributed by atoms with Crippen LogP contribution in [0.15, 0.2) is 28.8 Å². The second-order valence-corrected chi connectivity index (χ2v) is 6.71. The second-order valence-electron chi connectivity index (χ2n) is 6.71. The SMILES string of the molecule is O=C(NCCCO)c1ccc(-c2nc(COC3CCN(C(=O)O)CC3)no2)cc1. The molecular weight excluding hydrogens is 380 g/mol. The molecule has 2 amide bonds. The minimum absolute atomic E-state index is 0.0313. The number of hydrogen-bond acceptors (Lipinski definition) is 7. The lowest BCUT2D eigenvalue weighted by atomic mass is 10.1. The van der Waals surface area contributed by atoms with E-state index in [9.17, 15) is 9.59 Å². The Bertz CT molecular complexity index is 814. The van der Waals surface area contributed by atoms with Gasteiger partial charge in [0.1, 0.15) is 6.61 Å². The molecule has 1 aromatic heterocycles. The first-order valence-corrected chi connectivity index (χ1v) is 9.48. The van der Waals surface area contributed by atoms with Crippen LogP contribution in [0.3, 0.4) is 0 Å². The lowest BCUT2D eigenvalue weighted by Gasteiger charge is -2.29. The van der Waals surface area contributed by atoms with Gasteiger partial charge in [-0.15, -0.1) is 0 Å². The van der Waals surface area contributed by atoms with Crippen molar-refractivity contribution in [1.29, 1.82) is 0 Å². The Morgan fingerprint density at radius 3 is 2.62 bits per heavy atom. The molecule has 3 rings (SSSR count). The van der Waals surface area contributed by atoms with E-state index in [1.54, 1.807) is 24.3 Å². The number of aliphatic hydroxyl groups excluding tert-OH is 1. The minimum Gasteiger partial charge on any atom is -0.465 e. The van der Waals surface area contributed by atoms with Crippen molar-refractivity contribution in [1.82, 2.24) is 20.4 Å². The van der Waals surface area contributed by atoms with Gasteiger partial charge in [0.2, 0.25) is 0 Å². The highest BCUT2D eigenvalue weighted by molar-refractivity contribution is 5.94. The summed E-state index contributed by atoms with van der Waals surface area (Å²) in [5.74, 6) is 0.529. The van der Waals surface area contributed by atoms with Gasteiger partial charge in [-0.3, -0.25) is 4.79 Å². The Balaban J connectivity index is 1.49. The quantitative estimate of drug-likeness (QED) is 0.563. The first-order valence-electron chi connectivity index (χ1n) is 9.48. The van der Waals surface area contributed by atoms with Crippen LogP contribution in [-0.4, -0.2) is 69.6 Å². The molecule has 2 heterocycles. The van der Waals surface area contributed by atoms with E-state index >= 15 is 0 Å². The molecule has 1 saturated heterocycles. The van der Waals surface area contributed by atoms with Crippen LogP contribution in [0.25, 0.3) is 11.5 Å². The first-order chi connectivity index (χ1) is 14.1. The van der Waals surface area contributed by atoms with Crippen molar-refractivity contribution >= 4 is 12.0 Å². The number of carbonyl (C=O) groups excluding carboxylic acids is 1. The summed E-state index contributed by atoms with van der Waals surface area (Å²) >= 11 is 0. The fraction of sp³-hybridized carbons (Fsp3) is 0.474. The van der Waals surface area contributed by atoms with Crippen LogP contribution in [-0.2, 0) is 11.3 Å². The van der Waals surface area contributed by atoms with E-state index in [1.807, 2.05) is 0 Å². The zero-order valence-corrected chi connectivity index (χ0v) is 15.9. The van der Waals surface area contributed by atoms with Gasteiger partial charge in [-0.2, -0.15) is 4.98 Å². The van der Waals surface area contributed by atoms with Gasteiger partial charge in [-0.25, -0.2) is 4.79 Å². The molecule has 1 aliphatic rings. The number of carboxylic acid groups (broad SMARTS) is 1.